The van der Waals surface area contributed by atoms with Gasteiger partial charge in [-0.15, -0.1) is 0 Å². The Morgan fingerprint density at radius 2 is 2.31 bits per heavy atom. The second-order valence-corrected chi connectivity index (χ2v) is 2.66. The van der Waals surface area contributed by atoms with E-state index >= 15 is 0 Å². The first kappa shape index (κ1) is 9.99. The summed E-state index contributed by atoms with van der Waals surface area (Å²) in [6, 6.07) is 6.16. The molecule has 0 heterocycles. The minimum Gasteiger partial charge on any atom is -0.492 e. The van der Waals surface area contributed by atoms with E-state index in [0.29, 0.717) is 12.4 Å². The van der Waals surface area contributed by atoms with Crippen LogP contribution in [0.2, 0.25) is 0 Å². The van der Waals surface area contributed by atoms with Crippen molar-refractivity contribution in [2.45, 2.75) is 6.92 Å². The van der Waals surface area contributed by atoms with Crippen LogP contribution in [0.25, 0.3) is 0 Å². The van der Waals surface area contributed by atoms with Crippen molar-refractivity contribution >= 4 is 0 Å². The Balaban J connectivity index is 2.28. The summed E-state index contributed by atoms with van der Waals surface area (Å²) < 4.78 is 17.9. The van der Waals surface area contributed by atoms with Gasteiger partial charge in [-0.3, -0.25) is 0 Å². The molecule has 72 valence electrons. The topological polar surface area (TPSA) is 21.3 Å². The lowest BCUT2D eigenvalue weighted by atomic mass is 10.3. The number of hydrogen-bond donors (Lipinski definition) is 1. The van der Waals surface area contributed by atoms with Crippen LogP contribution in [0.3, 0.4) is 0 Å². The zero-order valence-corrected chi connectivity index (χ0v) is 7.72. The average molecular weight is 183 g/mol. The number of likely N-dealkylation sites (N-methyl/N-ethyl adjacent to an activating group) is 1. The summed E-state index contributed by atoms with van der Waals surface area (Å²) >= 11 is 0. The predicted octanol–water partition coefficient (Wildman–Crippen LogP) is 1.81. The molecule has 1 aromatic carbocycles. The molecule has 0 radical (unpaired) electrons. The lowest BCUT2D eigenvalue weighted by Gasteiger charge is -2.05. The van der Waals surface area contributed by atoms with E-state index in [0.717, 1.165) is 13.1 Å². The maximum Gasteiger partial charge on any atom is 0.126 e. The van der Waals surface area contributed by atoms with Gasteiger partial charge in [-0.1, -0.05) is 13.0 Å². The van der Waals surface area contributed by atoms with Crippen molar-refractivity contribution in [3.8, 4) is 5.75 Å². The van der Waals surface area contributed by atoms with E-state index in [1.165, 1.54) is 12.1 Å². The largest absolute Gasteiger partial charge is 0.492 e. The summed E-state index contributed by atoms with van der Waals surface area (Å²) in [6.45, 7) is 4.30. The molecule has 0 amide bonds. The number of nitrogens with one attached hydrogen (secondary N) is 1. The lowest BCUT2D eigenvalue weighted by Crippen LogP contribution is -2.20. The SMILES string of the molecule is CCNCCOc1cccc(F)c1. The Hall–Kier alpha value is -1.09. The summed E-state index contributed by atoms with van der Waals surface area (Å²) in [5.41, 5.74) is 0. The van der Waals surface area contributed by atoms with Gasteiger partial charge in [0.1, 0.15) is 18.2 Å². The van der Waals surface area contributed by atoms with E-state index in [1.807, 2.05) is 6.92 Å². The molecular formula is C10H14FNO. The first-order valence-corrected chi connectivity index (χ1v) is 4.42. The predicted molar refractivity (Wildman–Crippen MR) is 50.4 cm³/mol. The van der Waals surface area contributed by atoms with E-state index in [2.05, 4.69) is 5.32 Å². The van der Waals surface area contributed by atoms with Crippen LogP contribution in [0, 0.1) is 5.82 Å². The van der Waals surface area contributed by atoms with Crippen molar-refractivity contribution in [1.82, 2.24) is 5.32 Å². The minimum atomic E-state index is -0.263. The van der Waals surface area contributed by atoms with Crippen LogP contribution < -0.4 is 10.1 Å². The summed E-state index contributed by atoms with van der Waals surface area (Å²) in [5.74, 6) is 0.318. The Morgan fingerprint density at radius 3 is 3.00 bits per heavy atom. The van der Waals surface area contributed by atoms with Crippen molar-refractivity contribution in [3.63, 3.8) is 0 Å². The van der Waals surface area contributed by atoms with Gasteiger partial charge >= 0.3 is 0 Å². The third-order valence-electron chi connectivity index (χ3n) is 1.59. The smallest absolute Gasteiger partial charge is 0.126 e. The second kappa shape index (κ2) is 5.54. The van der Waals surface area contributed by atoms with Gasteiger partial charge in [-0.05, 0) is 18.7 Å². The van der Waals surface area contributed by atoms with Gasteiger partial charge in [0, 0.05) is 12.6 Å². The maximum atomic E-state index is 12.6. The fourth-order valence-corrected chi connectivity index (χ4v) is 0.975. The molecule has 3 heteroatoms. The number of halogens is 1. The molecule has 0 atom stereocenters. The summed E-state index contributed by atoms with van der Waals surface area (Å²) in [7, 11) is 0. The van der Waals surface area contributed by atoms with Gasteiger partial charge in [-0.25, -0.2) is 4.39 Å². The molecule has 0 spiro atoms. The number of ether oxygens (including phenoxy) is 1. The Bertz CT molecular complexity index is 252. The van der Waals surface area contributed by atoms with Gasteiger partial charge in [0.05, 0.1) is 0 Å². The van der Waals surface area contributed by atoms with Crippen LogP contribution in [0.1, 0.15) is 6.92 Å². The second-order valence-electron chi connectivity index (χ2n) is 2.66. The van der Waals surface area contributed by atoms with E-state index in [9.17, 15) is 4.39 Å². The van der Waals surface area contributed by atoms with Crippen LogP contribution in [0.5, 0.6) is 5.75 Å². The molecule has 0 fully saturated rings. The third kappa shape index (κ3) is 3.90. The van der Waals surface area contributed by atoms with E-state index < -0.39 is 0 Å². The first-order chi connectivity index (χ1) is 6.33. The highest BCUT2D eigenvalue weighted by molar-refractivity contribution is 5.22. The molecule has 0 saturated heterocycles. The quantitative estimate of drug-likeness (QED) is 0.703. The third-order valence-corrected chi connectivity index (χ3v) is 1.59. The summed E-state index contributed by atoms with van der Waals surface area (Å²) in [5, 5.41) is 3.11. The van der Waals surface area contributed by atoms with E-state index in [4.69, 9.17) is 4.74 Å². The standard InChI is InChI=1S/C10H14FNO/c1-2-12-6-7-13-10-5-3-4-9(11)8-10/h3-5,8,12H,2,6-7H2,1H3. The van der Waals surface area contributed by atoms with Gasteiger partial charge < -0.3 is 10.1 Å². The van der Waals surface area contributed by atoms with Crippen LogP contribution in [-0.4, -0.2) is 19.7 Å². The van der Waals surface area contributed by atoms with E-state index in [-0.39, 0.29) is 5.82 Å². The van der Waals surface area contributed by atoms with Crippen molar-refractivity contribution < 1.29 is 9.13 Å². The Morgan fingerprint density at radius 1 is 1.46 bits per heavy atom. The number of benzene rings is 1. The monoisotopic (exact) mass is 183 g/mol. The van der Waals surface area contributed by atoms with Crippen molar-refractivity contribution in [1.29, 1.82) is 0 Å². The maximum absolute atomic E-state index is 12.6. The molecule has 0 aliphatic rings. The Labute approximate surface area is 77.7 Å². The fourth-order valence-electron chi connectivity index (χ4n) is 0.975. The highest BCUT2D eigenvalue weighted by Crippen LogP contribution is 2.11. The van der Waals surface area contributed by atoms with Crippen molar-refractivity contribution in [2.24, 2.45) is 0 Å². The van der Waals surface area contributed by atoms with Crippen LogP contribution >= 0.6 is 0 Å². The molecule has 1 rings (SSSR count). The molecule has 0 aromatic heterocycles. The van der Waals surface area contributed by atoms with Crippen LogP contribution in [0.4, 0.5) is 4.39 Å². The number of hydrogen-bond acceptors (Lipinski definition) is 2. The molecule has 2 nitrogen and oxygen atoms in total. The fraction of sp³-hybridized carbons (Fsp3) is 0.400. The highest BCUT2D eigenvalue weighted by atomic mass is 19.1. The van der Waals surface area contributed by atoms with Gasteiger partial charge in [0.25, 0.3) is 0 Å². The molecule has 13 heavy (non-hydrogen) atoms. The Kier molecular flexibility index (Phi) is 4.26. The van der Waals surface area contributed by atoms with Gasteiger partial charge in [0.2, 0.25) is 0 Å². The van der Waals surface area contributed by atoms with Gasteiger partial charge in [0.15, 0.2) is 0 Å². The van der Waals surface area contributed by atoms with Crippen LogP contribution in [-0.2, 0) is 0 Å². The lowest BCUT2D eigenvalue weighted by molar-refractivity contribution is 0.314. The first-order valence-electron chi connectivity index (χ1n) is 4.42. The zero-order chi connectivity index (χ0) is 9.52. The molecule has 0 unspecified atom stereocenters. The van der Waals surface area contributed by atoms with Crippen molar-refractivity contribution in [3.05, 3.63) is 30.1 Å². The summed E-state index contributed by atoms with van der Waals surface area (Å²) in [4.78, 5) is 0. The van der Waals surface area contributed by atoms with Crippen molar-refractivity contribution in [2.75, 3.05) is 19.7 Å². The molecule has 0 aliphatic carbocycles. The summed E-state index contributed by atoms with van der Waals surface area (Å²) in [6.07, 6.45) is 0. The zero-order valence-electron chi connectivity index (χ0n) is 7.72. The molecule has 1 N–H and O–H groups in total. The molecule has 1 aromatic rings. The van der Waals surface area contributed by atoms with Gasteiger partial charge in [-0.2, -0.15) is 0 Å². The number of rotatable bonds is 5. The minimum absolute atomic E-state index is 0.263. The molecule has 0 saturated carbocycles. The molecular weight excluding hydrogens is 169 g/mol. The normalized spacial score (nSPS) is 10.0. The highest BCUT2D eigenvalue weighted by Gasteiger charge is 1.94. The van der Waals surface area contributed by atoms with Crippen LogP contribution in [0.15, 0.2) is 24.3 Å². The molecule has 0 bridgehead atoms. The van der Waals surface area contributed by atoms with E-state index in [1.54, 1.807) is 12.1 Å². The molecule has 0 aliphatic heterocycles. The average Bonchev–Trinajstić information content (AvgIpc) is 2.13.